The van der Waals surface area contributed by atoms with Crippen molar-refractivity contribution < 1.29 is 14.6 Å². The second-order valence-electron chi connectivity index (χ2n) is 4.19. The molecular formula is C12H9Cl2N5O4. The number of benzene rings is 1. The van der Waals surface area contributed by atoms with Crippen LogP contribution in [0.5, 0.6) is 0 Å². The summed E-state index contributed by atoms with van der Waals surface area (Å²) in [6, 6.07) is 5.69. The molecule has 0 radical (unpaired) electrons. The zero-order chi connectivity index (χ0) is 17.0. The quantitative estimate of drug-likeness (QED) is 0.286. The van der Waals surface area contributed by atoms with Gasteiger partial charge in [-0.1, -0.05) is 28.4 Å². The van der Waals surface area contributed by atoms with Gasteiger partial charge in [-0.3, -0.25) is 0 Å². The van der Waals surface area contributed by atoms with Crippen LogP contribution in [0.25, 0.3) is 0 Å². The number of nitro groups is 1. The van der Waals surface area contributed by atoms with Gasteiger partial charge in [-0.2, -0.15) is 4.68 Å². The number of carbonyl (C=O) groups is 1. The number of hydrogen-bond acceptors (Lipinski definition) is 6. The lowest BCUT2D eigenvalue weighted by molar-refractivity contribution is -0.389. The van der Waals surface area contributed by atoms with Crippen molar-refractivity contribution in [2.24, 2.45) is 10.9 Å². The van der Waals surface area contributed by atoms with Gasteiger partial charge in [0.15, 0.2) is 12.4 Å². The summed E-state index contributed by atoms with van der Waals surface area (Å²) in [5, 5.41) is 18.2. The first-order chi connectivity index (χ1) is 10.9. The molecule has 0 fully saturated rings. The number of nitrogens with two attached hydrogens (primary N) is 1. The molecule has 23 heavy (non-hydrogen) atoms. The second kappa shape index (κ2) is 7.07. The Morgan fingerprint density at radius 3 is 2.78 bits per heavy atom. The Hall–Kier alpha value is -2.65. The number of hydrogen-bond donors (Lipinski definition) is 1. The molecule has 0 atom stereocenters. The number of halogens is 2. The summed E-state index contributed by atoms with van der Waals surface area (Å²) in [4.78, 5) is 26.0. The van der Waals surface area contributed by atoms with Crippen molar-refractivity contribution in [3.05, 3.63) is 56.2 Å². The molecule has 1 aromatic heterocycles. The Kier molecular flexibility index (Phi) is 5.14. The normalized spacial score (nSPS) is 11.3. The highest BCUT2D eigenvalue weighted by Crippen LogP contribution is 2.20. The highest BCUT2D eigenvalue weighted by Gasteiger charge is 2.14. The Morgan fingerprint density at radius 2 is 2.17 bits per heavy atom. The lowest BCUT2D eigenvalue weighted by Crippen LogP contribution is -2.17. The van der Waals surface area contributed by atoms with Crippen LogP contribution in [-0.2, 0) is 16.2 Å². The van der Waals surface area contributed by atoms with Gasteiger partial charge in [-0.05, 0) is 23.1 Å². The average Bonchev–Trinajstić information content (AvgIpc) is 2.93. The van der Waals surface area contributed by atoms with Crippen LogP contribution in [0.1, 0.15) is 5.56 Å². The van der Waals surface area contributed by atoms with Crippen LogP contribution in [0.3, 0.4) is 0 Å². The van der Waals surface area contributed by atoms with E-state index in [1.807, 2.05) is 0 Å². The molecule has 0 aliphatic carbocycles. The third-order valence-electron chi connectivity index (χ3n) is 2.56. The van der Waals surface area contributed by atoms with E-state index in [0.717, 1.165) is 10.7 Å². The van der Waals surface area contributed by atoms with Crippen molar-refractivity contribution in [2.75, 3.05) is 0 Å². The Balaban J connectivity index is 2.00. The minimum absolute atomic E-state index is 0.119. The van der Waals surface area contributed by atoms with Gasteiger partial charge < -0.3 is 20.7 Å². The second-order valence-corrected chi connectivity index (χ2v) is 5.04. The molecule has 0 aliphatic rings. The molecule has 0 spiro atoms. The van der Waals surface area contributed by atoms with E-state index in [2.05, 4.69) is 15.1 Å². The maximum atomic E-state index is 11.6. The molecule has 11 heteroatoms. The van der Waals surface area contributed by atoms with Crippen LogP contribution in [0.4, 0.5) is 5.82 Å². The Labute approximate surface area is 139 Å². The van der Waals surface area contributed by atoms with E-state index in [0.29, 0.717) is 10.6 Å². The van der Waals surface area contributed by atoms with Crippen molar-refractivity contribution in [3.63, 3.8) is 0 Å². The van der Waals surface area contributed by atoms with Crippen LogP contribution in [0, 0.1) is 10.1 Å². The molecule has 2 N–H and O–H groups in total. The van der Waals surface area contributed by atoms with Gasteiger partial charge in [0.2, 0.25) is 0 Å². The molecule has 0 saturated carbocycles. The van der Waals surface area contributed by atoms with Crippen LogP contribution < -0.4 is 5.73 Å². The summed E-state index contributed by atoms with van der Waals surface area (Å²) in [7, 11) is 0. The molecule has 0 bridgehead atoms. The third kappa shape index (κ3) is 4.41. The van der Waals surface area contributed by atoms with Gasteiger partial charge >= 0.3 is 11.8 Å². The number of carbonyl (C=O) groups excluding carboxylic acids is 1. The molecule has 9 nitrogen and oxygen atoms in total. The van der Waals surface area contributed by atoms with Gasteiger partial charge in [-0.15, -0.1) is 0 Å². The Morgan fingerprint density at radius 1 is 1.43 bits per heavy atom. The van der Waals surface area contributed by atoms with Gasteiger partial charge in [0.25, 0.3) is 0 Å². The summed E-state index contributed by atoms with van der Waals surface area (Å²) < 4.78 is 1.04. The van der Waals surface area contributed by atoms with Crippen LogP contribution >= 0.6 is 23.2 Å². The summed E-state index contributed by atoms with van der Waals surface area (Å²) in [6.45, 7) is -0.362. The van der Waals surface area contributed by atoms with E-state index >= 15 is 0 Å². The maximum Gasteiger partial charge on any atom is 0.389 e. The summed E-state index contributed by atoms with van der Waals surface area (Å²) in [6.07, 6.45) is 1.27. The van der Waals surface area contributed by atoms with E-state index in [9.17, 15) is 14.9 Å². The monoisotopic (exact) mass is 357 g/mol. The molecule has 2 aromatic rings. The SMILES string of the molecule is N/C(=N\OC(=O)Cn1ccc([N+](=O)[O-])n1)c1ccc(Cl)cc1Cl. The van der Waals surface area contributed by atoms with Gasteiger partial charge in [0, 0.05) is 10.6 Å². The minimum Gasteiger partial charge on any atom is -0.380 e. The molecule has 120 valence electrons. The number of nitrogens with zero attached hydrogens (tertiary/aromatic N) is 4. The van der Waals surface area contributed by atoms with Crippen molar-refractivity contribution in [1.82, 2.24) is 9.78 Å². The van der Waals surface area contributed by atoms with Gasteiger partial charge in [0.05, 0.1) is 22.4 Å². The lowest BCUT2D eigenvalue weighted by Gasteiger charge is -2.03. The van der Waals surface area contributed by atoms with Crippen LogP contribution in [0.15, 0.2) is 35.6 Å². The van der Waals surface area contributed by atoms with Gasteiger partial charge in [0.1, 0.15) is 0 Å². The van der Waals surface area contributed by atoms with Crippen molar-refractivity contribution in [2.45, 2.75) is 6.54 Å². The number of amidine groups is 1. The first-order valence-corrected chi connectivity index (χ1v) is 6.79. The molecule has 1 aromatic carbocycles. The van der Waals surface area contributed by atoms with Crippen LogP contribution in [-0.4, -0.2) is 26.5 Å². The largest absolute Gasteiger partial charge is 0.389 e. The zero-order valence-corrected chi connectivity index (χ0v) is 12.9. The van der Waals surface area contributed by atoms with Crippen molar-refractivity contribution in [1.29, 1.82) is 0 Å². The standard InChI is InChI=1S/C12H9Cl2N5O4/c13-7-1-2-8(9(14)5-7)12(15)17-23-11(20)6-18-4-3-10(16-18)19(21)22/h1-5H,6H2,(H2,15,17). The first kappa shape index (κ1) is 16.7. The molecule has 0 amide bonds. The van der Waals surface area contributed by atoms with Gasteiger partial charge in [-0.25, -0.2) is 4.79 Å². The van der Waals surface area contributed by atoms with E-state index in [-0.39, 0.29) is 23.2 Å². The van der Waals surface area contributed by atoms with E-state index < -0.39 is 10.9 Å². The smallest absolute Gasteiger partial charge is 0.380 e. The fourth-order valence-electron chi connectivity index (χ4n) is 1.54. The molecule has 0 unspecified atom stereocenters. The molecule has 0 aliphatic heterocycles. The van der Waals surface area contributed by atoms with E-state index in [4.69, 9.17) is 28.9 Å². The van der Waals surface area contributed by atoms with E-state index in [1.54, 1.807) is 6.07 Å². The molecular weight excluding hydrogens is 349 g/mol. The average molecular weight is 358 g/mol. The molecule has 1 heterocycles. The molecule has 2 rings (SSSR count). The third-order valence-corrected chi connectivity index (χ3v) is 3.11. The Bertz CT molecular complexity index is 790. The highest BCUT2D eigenvalue weighted by atomic mass is 35.5. The first-order valence-electron chi connectivity index (χ1n) is 6.03. The summed E-state index contributed by atoms with van der Waals surface area (Å²) >= 11 is 11.7. The lowest BCUT2D eigenvalue weighted by atomic mass is 10.2. The molecule has 0 saturated heterocycles. The fraction of sp³-hybridized carbons (Fsp3) is 0.0833. The van der Waals surface area contributed by atoms with Crippen molar-refractivity contribution in [3.8, 4) is 0 Å². The van der Waals surface area contributed by atoms with Crippen LogP contribution in [0.2, 0.25) is 10.0 Å². The predicted molar refractivity (Wildman–Crippen MR) is 82.2 cm³/mol. The topological polar surface area (TPSA) is 126 Å². The zero-order valence-electron chi connectivity index (χ0n) is 11.3. The van der Waals surface area contributed by atoms with E-state index in [1.165, 1.54) is 18.3 Å². The fourth-order valence-corrected chi connectivity index (χ4v) is 2.05. The predicted octanol–water partition coefficient (Wildman–Crippen LogP) is 1.96. The summed E-state index contributed by atoms with van der Waals surface area (Å²) in [5.74, 6) is -1.31. The number of aromatic nitrogens is 2. The maximum absolute atomic E-state index is 11.6. The number of oxime groups is 1. The number of rotatable bonds is 5. The highest BCUT2D eigenvalue weighted by molar-refractivity contribution is 6.36. The minimum atomic E-state index is -0.809. The summed E-state index contributed by atoms with van der Waals surface area (Å²) in [5.41, 5.74) is 6.01. The van der Waals surface area contributed by atoms with Crippen molar-refractivity contribution >= 4 is 40.8 Å².